The van der Waals surface area contributed by atoms with E-state index in [0.717, 1.165) is 0 Å². The zero-order valence-electron chi connectivity index (χ0n) is 9.73. The van der Waals surface area contributed by atoms with Crippen LogP contribution in [-0.4, -0.2) is 16.1 Å². The molecule has 1 aromatic carbocycles. The molecule has 0 aliphatic carbocycles. The molecule has 1 heterocycles. The Morgan fingerprint density at radius 1 is 0.857 bits per heavy atom. The van der Waals surface area contributed by atoms with Crippen LogP contribution < -0.4 is 0 Å². The van der Waals surface area contributed by atoms with Crippen LogP contribution in [0, 0.1) is 35.0 Å². The Kier molecular flexibility index (Phi) is 3.58. The lowest BCUT2D eigenvalue weighted by atomic mass is 10.0. The highest BCUT2D eigenvalue weighted by Crippen LogP contribution is 2.32. The maximum Gasteiger partial charge on any atom is 0.354 e. The first kappa shape index (κ1) is 14.8. The third-order valence-electron chi connectivity index (χ3n) is 2.55. The van der Waals surface area contributed by atoms with Crippen LogP contribution in [0.25, 0.3) is 11.1 Å². The molecule has 2 rings (SSSR count). The average Bonchev–Trinajstić information content (AvgIpc) is 2.44. The predicted molar refractivity (Wildman–Crippen MR) is 56.4 cm³/mol. The van der Waals surface area contributed by atoms with Gasteiger partial charge in [0.1, 0.15) is 0 Å². The van der Waals surface area contributed by atoms with E-state index in [9.17, 15) is 31.1 Å². The van der Waals surface area contributed by atoms with Gasteiger partial charge >= 0.3 is 5.97 Å². The molecule has 110 valence electrons. The number of aromatic carboxylic acids is 1. The van der Waals surface area contributed by atoms with Gasteiger partial charge in [0.25, 0.3) is 0 Å². The van der Waals surface area contributed by atoms with Crippen LogP contribution in [0.5, 0.6) is 0 Å². The van der Waals surface area contributed by atoms with E-state index in [4.69, 9.17) is 5.11 Å². The topological polar surface area (TPSA) is 50.2 Å². The SMILES string of the molecule is O=C(O)c1ccc(-c2c(F)c(F)c(F)c(F)c2F)c(F)n1. The number of hydrogen-bond acceptors (Lipinski definition) is 2. The first-order valence-corrected chi connectivity index (χ1v) is 5.17. The van der Waals surface area contributed by atoms with Crippen molar-refractivity contribution in [3.63, 3.8) is 0 Å². The molecule has 0 radical (unpaired) electrons. The normalized spacial score (nSPS) is 10.8. The van der Waals surface area contributed by atoms with E-state index in [1.54, 1.807) is 0 Å². The molecular formula is C12H3F6NO2. The zero-order valence-corrected chi connectivity index (χ0v) is 9.73. The fourth-order valence-corrected chi connectivity index (χ4v) is 1.58. The summed E-state index contributed by atoms with van der Waals surface area (Å²) in [4.78, 5) is 13.4. The van der Waals surface area contributed by atoms with Gasteiger partial charge in [-0.3, -0.25) is 0 Å². The number of benzene rings is 1. The van der Waals surface area contributed by atoms with Crippen molar-refractivity contribution in [3.05, 3.63) is 52.9 Å². The fourth-order valence-electron chi connectivity index (χ4n) is 1.58. The van der Waals surface area contributed by atoms with Crippen molar-refractivity contribution in [3.8, 4) is 11.1 Å². The second-order valence-corrected chi connectivity index (χ2v) is 3.78. The van der Waals surface area contributed by atoms with Crippen molar-refractivity contribution in [2.24, 2.45) is 0 Å². The van der Waals surface area contributed by atoms with Crippen molar-refractivity contribution >= 4 is 5.97 Å². The number of rotatable bonds is 2. The largest absolute Gasteiger partial charge is 0.477 e. The average molecular weight is 307 g/mol. The standard InChI is InChI=1S/C12H3F6NO2/c13-6-5(7(14)9(16)10(17)8(6)15)3-1-2-4(12(20)21)19-11(3)18/h1-2H,(H,20,21). The minimum Gasteiger partial charge on any atom is -0.477 e. The van der Waals surface area contributed by atoms with Crippen molar-refractivity contribution in [1.29, 1.82) is 0 Å². The molecule has 0 atom stereocenters. The van der Waals surface area contributed by atoms with Gasteiger partial charge in [-0.25, -0.2) is 31.7 Å². The van der Waals surface area contributed by atoms with E-state index >= 15 is 0 Å². The monoisotopic (exact) mass is 307 g/mol. The molecule has 21 heavy (non-hydrogen) atoms. The maximum absolute atomic E-state index is 13.6. The number of halogens is 6. The lowest BCUT2D eigenvalue weighted by molar-refractivity contribution is 0.0689. The molecule has 0 aliphatic rings. The van der Waals surface area contributed by atoms with Gasteiger partial charge in [0.05, 0.1) is 5.56 Å². The van der Waals surface area contributed by atoms with Gasteiger partial charge in [0, 0.05) is 5.56 Å². The first-order valence-electron chi connectivity index (χ1n) is 5.17. The second kappa shape index (κ2) is 5.08. The lowest BCUT2D eigenvalue weighted by Gasteiger charge is -2.09. The van der Waals surface area contributed by atoms with Crippen LogP contribution in [0.4, 0.5) is 26.3 Å². The van der Waals surface area contributed by atoms with Crippen LogP contribution in [-0.2, 0) is 0 Å². The highest BCUT2D eigenvalue weighted by molar-refractivity contribution is 5.85. The minimum atomic E-state index is -2.38. The molecule has 0 bridgehead atoms. The summed E-state index contributed by atoms with van der Waals surface area (Å²) in [6, 6.07) is 1.23. The number of aromatic nitrogens is 1. The third-order valence-corrected chi connectivity index (χ3v) is 2.55. The van der Waals surface area contributed by atoms with Crippen LogP contribution in [0.2, 0.25) is 0 Å². The number of nitrogens with zero attached hydrogens (tertiary/aromatic N) is 1. The maximum atomic E-state index is 13.6. The molecule has 0 amide bonds. The number of hydrogen-bond donors (Lipinski definition) is 1. The summed E-state index contributed by atoms with van der Waals surface area (Å²) < 4.78 is 79.5. The van der Waals surface area contributed by atoms with Gasteiger partial charge in [-0.05, 0) is 12.1 Å². The number of carbonyl (C=O) groups is 1. The first-order chi connectivity index (χ1) is 9.75. The quantitative estimate of drug-likeness (QED) is 0.401. The van der Waals surface area contributed by atoms with Crippen molar-refractivity contribution in [1.82, 2.24) is 4.98 Å². The van der Waals surface area contributed by atoms with E-state index in [-0.39, 0.29) is 0 Å². The Bertz CT molecular complexity index is 733. The molecule has 2 aromatic rings. The Morgan fingerprint density at radius 3 is 1.76 bits per heavy atom. The molecule has 0 saturated heterocycles. The molecular weight excluding hydrogens is 304 g/mol. The van der Waals surface area contributed by atoms with Crippen molar-refractivity contribution in [2.45, 2.75) is 0 Å². The Balaban J connectivity index is 2.77. The van der Waals surface area contributed by atoms with Gasteiger partial charge in [0.15, 0.2) is 29.0 Å². The highest BCUT2D eigenvalue weighted by atomic mass is 19.2. The van der Waals surface area contributed by atoms with E-state index in [1.807, 2.05) is 0 Å². The molecule has 3 nitrogen and oxygen atoms in total. The molecule has 1 N–H and O–H groups in total. The van der Waals surface area contributed by atoms with E-state index < -0.39 is 57.8 Å². The molecule has 9 heteroatoms. The minimum absolute atomic E-state index is 0.560. The van der Waals surface area contributed by atoms with Crippen LogP contribution in [0.15, 0.2) is 12.1 Å². The van der Waals surface area contributed by atoms with Gasteiger partial charge in [-0.2, -0.15) is 4.39 Å². The predicted octanol–water partition coefficient (Wildman–Crippen LogP) is 3.28. The summed E-state index contributed by atoms with van der Waals surface area (Å²) in [5.41, 5.74) is -3.36. The van der Waals surface area contributed by atoms with Gasteiger partial charge < -0.3 is 5.11 Å². The van der Waals surface area contributed by atoms with E-state index in [0.29, 0.717) is 12.1 Å². The third kappa shape index (κ3) is 2.30. The molecule has 0 spiro atoms. The molecule has 0 saturated carbocycles. The highest BCUT2D eigenvalue weighted by Gasteiger charge is 2.28. The smallest absolute Gasteiger partial charge is 0.354 e. The number of carboxylic acids is 1. The summed E-state index contributed by atoms with van der Waals surface area (Å²) in [6.07, 6.45) is 0. The van der Waals surface area contributed by atoms with Crippen molar-refractivity contribution in [2.75, 3.05) is 0 Å². The van der Waals surface area contributed by atoms with E-state index in [1.165, 1.54) is 0 Å². The Labute approximate surface area is 112 Å². The van der Waals surface area contributed by atoms with Crippen LogP contribution in [0.1, 0.15) is 10.5 Å². The Hall–Kier alpha value is -2.58. The number of pyridine rings is 1. The van der Waals surface area contributed by atoms with Gasteiger partial charge in [0.2, 0.25) is 11.8 Å². The molecule has 0 aliphatic heterocycles. The summed E-state index contributed by atoms with van der Waals surface area (Å²) in [7, 11) is 0. The van der Waals surface area contributed by atoms with Crippen molar-refractivity contribution < 1.29 is 36.2 Å². The zero-order chi connectivity index (χ0) is 15.9. The summed E-state index contributed by atoms with van der Waals surface area (Å²) >= 11 is 0. The second-order valence-electron chi connectivity index (χ2n) is 3.78. The summed E-state index contributed by atoms with van der Waals surface area (Å²) in [5.74, 6) is -14.7. The molecule has 0 fully saturated rings. The fraction of sp³-hybridized carbons (Fsp3) is 0. The Morgan fingerprint density at radius 2 is 1.33 bits per heavy atom. The molecule has 0 unspecified atom stereocenters. The lowest BCUT2D eigenvalue weighted by Crippen LogP contribution is -2.07. The van der Waals surface area contributed by atoms with Gasteiger partial charge in [-0.1, -0.05) is 0 Å². The van der Waals surface area contributed by atoms with Crippen LogP contribution in [0.3, 0.4) is 0 Å². The molecule has 1 aromatic heterocycles. The summed E-state index contributed by atoms with van der Waals surface area (Å²) in [5, 5.41) is 8.56. The van der Waals surface area contributed by atoms with Gasteiger partial charge in [-0.15, -0.1) is 0 Å². The summed E-state index contributed by atoms with van der Waals surface area (Å²) in [6.45, 7) is 0. The van der Waals surface area contributed by atoms with E-state index in [2.05, 4.69) is 4.98 Å². The number of carboxylic acid groups (broad SMARTS) is 1. The van der Waals surface area contributed by atoms with Crippen LogP contribution >= 0.6 is 0 Å².